The zero-order valence-corrected chi connectivity index (χ0v) is 52.5. The van der Waals surface area contributed by atoms with E-state index in [1.807, 2.05) is 21.1 Å². The third-order valence-electron chi connectivity index (χ3n) is 14.7. The van der Waals surface area contributed by atoms with Crippen molar-refractivity contribution in [3.05, 3.63) is 60.8 Å². The van der Waals surface area contributed by atoms with E-state index in [2.05, 4.69) is 74.6 Å². The first-order valence-corrected chi connectivity index (χ1v) is 33.4. The maximum atomic E-state index is 12.9. The van der Waals surface area contributed by atoms with Crippen molar-refractivity contribution >= 4 is 17.9 Å². The molecule has 0 heterocycles. The number of carbonyl (C=O) groups is 3. The minimum absolute atomic E-state index is 0.148. The fourth-order valence-corrected chi connectivity index (χ4v) is 9.64. The highest BCUT2D eigenvalue weighted by molar-refractivity contribution is 5.70. The van der Waals surface area contributed by atoms with E-state index in [1.165, 1.54) is 199 Å². The number of unbranched alkanes of at least 4 members (excludes halogenated alkanes) is 37. The molecule has 460 valence electrons. The van der Waals surface area contributed by atoms with Gasteiger partial charge >= 0.3 is 11.9 Å². The Bertz CT molecular complexity index is 1480. The van der Waals surface area contributed by atoms with Gasteiger partial charge in [-0.1, -0.05) is 280 Å². The molecular formula is C70H127NO8. The number of allylic oxidation sites excluding steroid dienone is 10. The monoisotopic (exact) mass is 1110 g/mol. The highest BCUT2D eigenvalue weighted by Gasteiger charge is 2.22. The van der Waals surface area contributed by atoms with Gasteiger partial charge in [-0.15, -0.1) is 0 Å². The predicted octanol–water partition coefficient (Wildman–Crippen LogP) is 19.0. The van der Waals surface area contributed by atoms with Gasteiger partial charge < -0.3 is 33.3 Å². The molecule has 0 saturated carbocycles. The van der Waals surface area contributed by atoms with E-state index in [4.69, 9.17) is 18.9 Å². The van der Waals surface area contributed by atoms with Gasteiger partial charge in [-0.2, -0.15) is 0 Å². The Hall–Kier alpha value is -3.01. The second-order valence-electron chi connectivity index (χ2n) is 23.7. The van der Waals surface area contributed by atoms with Gasteiger partial charge in [0.15, 0.2) is 12.4 Å². The second-order valence-corrected chi connectivity index (χ2v) is 23.7. The number of carbonyl (C=O) groups excluding carboxylic acids is 3. The zero-order valence-electron chi connectivity index (χ0n) is 52.5. The molecule has 0 aromatic rings. The summed E-state index contributed by atoms with van der Waals surface area (Å²) < 4.78 is 22.7. The minimum Gasteiger partial charge on any atom is -0.545 e. The third-order valence-corrected chi connectivity index (χ3v) is 14.7. The number of hydrogen-bond acceptors (Lipinski definition) is 8. The Kier molecular flexibility index (Phi) is 58.7. The summed E-state index contributed by atoms with van der Waals surface area (Å²) >= 11 is 0. The largest absolute Gasteiger partial charge is 0.545 e. The van der Waals surface area contributed by atoms with Crippen molar-refractivity contribution in [3.63, 3.8) is 0 Å². The standard InChI is InChI=1S/C70H127NO8/c1-6-8-10-12-14-16-18-20-21-22-23-24-25-26-27-28-29-30-31-32-33-34-35-36-37-38-39-40-41-42-43-44-45-46-47-49-51-53-55-57-59-61-68(73)79-66(65-78-70(69(74)75)76-63-62-71(3,4)5)64-77-67(72)60-58-56-54-52-50-48-19-17-15-13-11-9-7-2/h8,10,14,16-17,19-21,23-24,66,70H,6-7,9,11-13,15,18,22,25-65H2,1-5H3/b10-8-,16-14-,19-17-,21-20-,24-23-. The van der Waals surface area contributed by atoms with Crippen molar-refractivity contribution < 1.29 is 42.9 Å². The number of carboxylic acid groups (broad SMARTS) is 1. The lowest BCUT2D eigenvalue weighted by Gasteiger charge is -2.26. The second kappa shape index (κ2) is 61.1. The van der Waals surface area contributed by atoms with Crippen molar-refractivity contribution in [1.29, 1.82) is 0 Å². The Morgan fingerprint density at radius 3 is 1.09 bits per heavy atom. The molecule has 9 heteroatoms. The van der Waals surface area contributed by atoms with Crippen LogP contribution in [0.1, 0.15) is 309 Å². The van der Waals surface area contributed by atoms with Crippen LogP contribution in [0.4, 0.5) is 0 Å². The molecule has 0 spiro atoms. The van der Waals surface area contributed by atoms with Crippen LogP contribution < -0.4 is 5.11 Å². The molecule has 0 aromatic heterocycles. The van der Waals surface area contributed by atoms with Gasteiger partial charge in [0.25, 0.3) is 0 Å². The molecule has 0 aliphatic heterocycles. The van der Waals surface area contributed by atoms with Gasteiger partial charge in [-0.05, 0) is 77.0 Å². The first-order valence-electron chi connectivity index (χ1n) is 33.4. The van der Waals surface area contributed by atoms with Crippen molar-refractivity contribution in [2.75, 3.05) is 47.5 Å². The molecule has 9 nitrogen and oxygen atoms in total. The van der Waals surface area contributed by atoms with E-state index >= 15 is 0 Å². The Balaban J connectivity index is 3.89. The lowest BCUT2D eigenvalue weighted by Crippen LogP contribution is -2.44. The van der Waals surface area contributed by atoms with Crippen LogP contribution in [0.3, 0.4) is 0 Å². The SMILES string of the molecule is CC/C=C\C/C=C\C/C=C\C/C=C\CCCCCCCCCCCCCCCCCCCCCCCCCCCCCCC(=O)OC(COC(=O)CCCCCCC/C=C\CCCCCC)COC(OCC[N+](C)(C)C)C(=O)[O-]. The molecule has 0 aliphatic carbocycles. The molecule has 0 rings (SSSR count). The Morgan fingerprint density at radius 1 is 0.392 bits per heavy atom. The molecule has 0 fully saturated rings. The molecule has 0 N–H and O–H groups in total. The van der Waals surface area contributed by atoms with Crippen molar-refractivity contribution in [2.24, 2.45) is 0 Å². The predicted molar refractivity (Wildman–Crippen MR) is 334 cm³/mol. The normalized spacial score (nSPS) is 13.1. The van der Waals surface area contributed by atoms with Gasteiger partial charge in [0.2, 0.25) is 0 Å². The number of likely N-dealkylation sites (N-methyl/N-ethyl adjacent to an activating group) is 1. The summed E-state index contributed by atoms with van der Waals surface area (Å²) in [5.74, 6) is -2.28. The van der Waals surface area contributed by atoms with Crippen molar-refractivity contribution in [1.82, 2.24) is 0 Å². The van der Waals surface area contributed by atoms with E-state index in [-0.39, 0.29) is 38.6 Å². The summed E-state index contributed by atoms with van der Waals surface area (Å²) in [6.07, 6.45) is 76.1. The highest BCUT2D eigenvalue weighted by atomic mass is 16.7. The molecule has 0 saturated heterocycles. The maximum absolute atomic E-state index is 12.9. The van der Waals surface area contributed by atoms with Crippen molar-refractivity contribution in [2.45, 2.75) is 322 Å². The van der Waals surface area contributed by atoms with Crippen LogP contribution in [-0.4, -0.2) is 82.3 Å². The number of quaternary nitrogens is 1. The lowest BCUT2D eigenvalue weighted by atomic mass is 10.0. The quantitative estimate of drug-likeness (QED) is 0.0195. The van der Waals surface area contributed by atoms with Crippen LogP contribution in [0.15, 0.2) is 60.8 Å². The van der Waals surface area contributed by atoms with Gasteiger partial charge in [-0.3, -0.25) is 9.59 Å². The molecule has 2 atom stereocenters. The highest BCUT2D eigenvalue weighted by Crippen LogP contribution is 2.18. The number of aliphatic carboxylic acids is 1. The van der Waals surface area contributed by atoms with Gasteiger partial charge in [0, 0.05) is 12.8 Å². The van der Waals surface area contributed by atoms with E-state index < -0.39 is 24.3 Å². The van der Waals surface area contributed by atoms with E-state index in [0.717, 1.165) is 77.0 Å². The molecule has 0 radical (unpaired) electrons. The molecule has 79 heavy (non-hydrogen) atoms. The molecule has 0 amide bonds. The fourth-order valence-electron chi connectivity index (χ4n) is 9.64. The van der Waals surface area contributed by atoms with Crippen LogP contribution in [-0.2, 0) is 33.3 Å². The minimum atomic E-state index is -1.62. The molecule has 2 unspecified atom stereocenters. The van der Waals surface area contributed by atoms with Gasteiger partial charge in [-0.25, -0.2) is 0 Å². The van der Waals surface area contributed by atoms with E-state index in [0.29, 0.717) is 17.4 Å². The number of esters is 2. The zero-order chi connectivity index (χ0) is 57.6. The molecule has 0 aromatic carbocycles. The number of rotatable bonds is 62. The number of hydrogen-bond donors (Lipinski definition) is 0. The first-order chi connectivity index (χ1) is 38.6. The fraction of sp³-hybridized carbons (Fsp3) is 0.814. The summed E-state index contributed by atoms with van der Waals surface area (Å²) in [7, 11) is 5.93. The number of carboxylic acids is 1. The summed E-state index contributed by atoms with van der Waals surface area (Å²) in [6.45, 7) is 4.64. The summed E-state index contributed by atoms with van der Waals surface area (Å²) in [5.41, 5.74) is 0. The molecule has 0 bridgehead atoms. The molecule has 0 aliphatic rings. The third kappa shape index (κ3) is 62.4. The maximum Gasteiger partial charge on any atom is 0.306 e. The van der Waals surface area contributed by atoms with Gasteiger partial charge in [0.05, 0.1) is 40.3 Å². The van der Waals surface area contributed by atoms with E-state index in [1.54, 1.807) is 0 Å². The smallest absolute Gasteiger partial charge is 0.306 e. The number of ether oxygens (including phenoxy) is 4. The lowest BCUT2D eigenvalue weighted by molar-refractivity contribution is -0.870. The molecular weight excluding hydrogens is 983 g/mol. The summed E-state index contributed by atoms with van der Waals surface area (Å²) in [4.78, 5) is 37.3. The van der Waals surface area contributed by atoms with Crippen LogP contribution >= 0.6 is 0 Å². The first kappa shape index (κ1) is 76.0. The summed E-state index contributed by atoms with van der Waals surface area (Å²) in [6, 6.07) is 0. The van der Waals surface area contributed by atoms with Gasteiger partial charge in [0.1, 0.15) is 13.2 Å². The average molecular weight is 1110 g/mol. The number of nitrogens with zero attached hydrogens (tertiary/aromatic N) is 1. The Morgan fingerprint density at radius 2 is 0.722 bits per heavy atom. The van der Waals surface area contributed by atoms with Crippen LogP contribution in [0, 0.1) is 0 Å². The average Bonchev–Trinajstić information content (AvgIpc) is 3.42. The van der Waals surface area contributed by atoms with Crippen LogP contribution in [0.25, 0.3) is 0 Å². The van der Waals surface area contributed by atoms with Crippen molar-refractivity contribution in [3.8, 4) is 0 Å². The topological polar surface area (TPSA) is 111 Å². The summed E-state index contributed by atoms with van der Waals surface area (Å²) in [5, 5.41) is 11.8. The van der Waals surface area contributed by atoms with E-state index in [9.17, 15) is 19.5 Å². The van der Waals surface area contributed by atoms with Crippen LogP contribution in [0.2, 0.25) is 0 Å². The Labute approximate surface area is 488 Å². The van der Waals surface area contributed by atoms with Crippen LogP contribution in [0.5, 0.6) is 0 Å².